The highest BCUT2D eigenvalue weighted by atomic mass is 79.9. The molecule has 0 unspecified atom stereocenters. The number of halogens is 2. The van der Waals surface area contributed by atoms with Gasteiger partial charge < -0.3 is 0 Å². The van der Waals surface area contributed by atoms with Gasteiger partial charge >= 0.3 is 0 Å². The molecule has 0 atom stereocenters. The maximum atomic E-state index is 13.7. The number of carbonyl (C=O) groups is 1. The predicted octanol–water partition coefficient (Wildman–Crippen LogP) is 3.20. The zero-order chi connectivity index (χ0) is 14.8. The highest BCUT2D eigenvalue weighted by Gasteiger charge is 2.19. The van der Waals surface area contributed by atoms with Crippen LogP contribution in [-0.2, 0) is 10.0 Å². The van der Waals surface area contributed by atoms with Crippen molar-refractivity contribution in [3.05, 3.63) is 58.3 Å². The molecular formula is C13H9BrFNO3S. The van der Waals surface area contributed by atoms with Gasteiger partial charge in [-0.25, -0.2) is 12.8 Å². The van der Waals surface area contributed by atoms with Crippen LogP contribution in [0.15, 0.2) is 51.8 Å². The van der Waals surface area contributed by atoms with Gasteiger partial charge in [0.2, 0.25) is 0 Å². The fraction of sp³-hybridized carbons (Fsp3) is 0. The highest BCUT2D eigenvalue weighted by Crippen LogP contribution is 2.22. The topological polar surface area (TPSA) is 63.2 Å². The first-order chi connectivity index (χ1) is 9.42. The number of hydrogen-bond acceptors (Lipinski definition) is 3. The van der Waals surface area contributed by atoms with Crippen LogP contribution in [0.4, 0.5) is 10.1 Å². The van der Waals surface area contributed by atoms with E-state index in [-0.39, 0.29) is 5.69 Å². The molecule has 0 amide bonds. The SMILES string of the molecule is O=Cc1cccc(NS(=O)(=O)c2ccc(Br)cc2F)c1. The standard InChI is InChI=1S/C13H9BrFNO3S/c14-10-4-5-13(12(15)7-10)20(18,19)16-11-3-1-2-9(6-11)8-17/h1-8,16H. The summed E-state index contributed by atoms with van der Waals surface area (Å²) in [5.74, 6) is -0.863. The summed E-state index contributed by atoms with van der Waals surface area (Å²) in [4.78, 5) is 10.2. The molecule has 0 aromatic heterocycles. The van der Waals surface area contributed by atoms with Gasteiger partial charge in [-0.1, -0.05) is 28.1 Å². The minimum Gasteiger partial charge on any atom is -0.298 e. The lowest BCUT2D eigenvalue weighted by Crippen LogP contribution is -2.14. The normalized spacial score (nSPS) is 11.1. The van der Waals surface area contributed by atoms with Crippen molar-refractivity contribution in [2.24, 2.45) is 0 Å². The summed E-state index contributed by atoms with van der Waals surface area (Å²) >= 11 is 3.05. The van der Waals surface area contributed by atoms with E-state index in [4.69, 9.17) is 0 Å². The number of rotatable bonds is 4. The summed E-state index contributed by atoms with van der Waals surface area (Å²) in [6.07, 6.45) is 0.595. The average molecular weight is 358 g/mol. The Labute approximate surface area is 123 Å². The van der Waals surface area contributed by atoms with E-state index < -0.39 is 20.7 Å². The first kappa shape index (κ1) is 14.7. The van der Waals surface area contributed by atoms with Crippen molar-refractivity contribution in [1.29, 1.82) is 0 Å². The van der Waals surface area contributed by atoms with Crippen LogP contribution in [0.2, 0.25) is 0 Å². The fourth-order valence-corrected chi connectivity index (χ4v) is 3.02. The largest absolute Gasteiger partial charge is 0.298 e. The Morgan fingerprint density at radius 1 is 1.15 bits per heavy atom. The Bertz CT molecular complexity index is 762. The van der Waals surface area contributed by atoms with E-state index in [0.29, 0.717) is 16.3 Å². The summed E-state index contributed by atoms with van der Waals surface area (Å²) in [5, 5.41) is 0. The minimum absolute atomic E-state index is 0.192. The first-order valence-electron chi connectivity index (χ1n) is 5.45. The molecular weight excluding hydrogens is 349 g/mol. The molecule has 104 valence electrons. The molecule has 0 saturated carbocycles. The van der Waals surface area contributed by atoms with Gasteiger partial charge in [0.25, 0.3) is 10.0 Å². The molecule has 0 aliphatic heterocycles. The number of benzene rings is 2. The fourth-order valence-electron chi connectivity index (χ4n) is 1.58. The van der Waals surface area contributed by atoms with Crippen LogP contribution in [0.5, 0.6) is 0 Å². The molecule has 2 aromatic rings. The molecule has 7 heteroatoms. The zero-order valence-electron chi connectivity index (χ0n) is 10.0. The Kier molecular flexibility index (Phi) is 4.20. The van der Waals surface area contributed by atoms with Crippen LogP contribution in [0, 0.1) is 5.82 Å². The molecule has 2 rings (SSSR count). The van der Waals surface area contributed by atoms with Gasteiger partial charge in [-0.3, -0.25) is 9.52 Å². The molecule has 0 heterocycles. The van der Waals surface area contributed by atoms with Crippen LogP contribution >= 0.6 is 15.9 Å². The molecule has 0 radical (unpaired) electrons. The van der Waals surface area contributed by atoms with Gasteiger partial charge in [0.15, 0.2) is 0 Å². The first-order valence-corrected chi connectivity index (χ1v) is 7.73. The molecule has 0 aliphatic carbocycles. The van der Waals surface area contributed by atoms with Crippen LogP contribution < -0.4 is 4.72 Å². The third-order valence-electron chi connectivity index (χ3n) is 2.46. The quantitative estimate of drug-likeness (QED) is 0.854. The molecule has 4 nitrogen and oxygen atoms in total. The number of nitrogens with one attached hydrogen (secondary N) is 1. The molecule has 0 fully saturated rings. The van der Waals surface area contributed by atoms with Crippen LogP contribution in [0.25, 0.3) is 0 Å². The number of hydrogen-bond donors (Lipinski definition) is 1. The Morgan fingerprint density at radius 2 is 1.90 bits per heavy atom. The molecule has 20 heavy (non-hydrogen) atoms. The molecule has 1 N–H and O–H groups in total. The van der Waals surface area contributed by atoms with E-state index in [1.54, 1.807) is 0 Å². The summed E-state index contributed by atoms with van der Waals surface area (Å²) < 4.78 is 40.5. The third-order valence-corrected chi connectivity index (χ3v) is 4.37. The third kappa shape index (κ3) is 3.23. The van der Waals surface area contributed by atoms with Crippen LogP contribution in [0.1, 0.15) is 10.4 Å². The second-order valence-electron chi connectivity index (χ2n) is 3.92. The van der Waals surface area contributed by atoms with E-state index in [2.05, 4.69) is 20.7 Å². The number of anilines is 1. The van der Waals surface area contributed by atoms with E-state index in [1.807, 2.05) is 0 Å². The van der Waals surface area contributed by atoms with Crippen molar-refractivity contribution in [2.75, 3.05) is 4.72 Å². The second kappa shape index (κ2) is 5.72. The second-order valence-corrected chi connectivity index (χ2v) is 6.49. The minimum atomic E-state index is -4.05. The Hall–Kier alpha value is -1.73. The van der Waals surface area contributed by atoms with Crippen molar-refractivity contribution in [3.63, 3.8) is 0 Å². The highest BCUT2D eigenvalue weighted by molar-refractivity contribution is 9.10. The van der Waals surface area contributed by atoms with Gasteiger partial charge in [0.05, 0.1) is 0 Å². The van der Waals surface area contributed by atoms with Gasteiger partial charge in [0, 0.05) is 15.7 Å². The lowest BCUT2D eigenvalue weighted by molar-refractivity contribution is 0.112. The van der Waals surface area contributed by atoms with E-state index in [1.165, 1.54) is 30.3 Å². The van der Waals surface area contributed by atoms with Crippen molar-refractivity contribution in [3.8, 4) is 0 Å². The van der Waals surface area contributed by atoms with Crippen molar-refractivity contribution in [1.82, 2.24) is 0 Å². The monoisotopic (exact) mass is 357 g/mol. The van der Waals surface area contributed by atoms with Gasteiger partial charge in [-0.2, -0.15) is 0 Å². The Balaban J connectivity index is 2.37. The van der Waals surface area contributed by atoms with E-state index in [0.717, 1.165) is 12.1 Å². The summed E-state index contributed by atoms with van der Waals surface area (Å²) in [6, 6.07) is 9.55. The average Bonchev–Trinajstić information content (AvgIpc) is 2.37. The van der Waals surface area contributed by atoms with Crippen molar-refractivity contribution in [2.45, 2.75) is 4.90 Å². The van der Waals surface area contributed by atoms with Crippen LogP contribution in [0.3, 0.4) is 0 Å². The van der Waals surface area contributed by atoms with Crippen LogP contribution in [-0.4, -0.2) is 14.7 Å². The molecule has 0 bridgehead atoms. The smallest absolute Gasteiger partial charge is 0.264 e. The summed E-state index contributed by atoms with van der Waals surface area (Å²) in [6.45, 7) is 0. The predicted molar refractivity (Wildman–Crippen MR) is 76.7 cm³/mol. The van der Waals surface area contributed by atoms with E-state index in [9.17, 15) is 17.6 Å². The van der Waals surface area contributed by atoms with Gasteiger partial charge in [-0.15, -0.1) is 0 Å². The summed E-state index contributed by atoms with van der Waals surface area (Å²) in [7, 11) is -4.05. The zero-order valence-corrected chi connectivity index (χ0v) is 12.4. The summed E-state index contributed by atoms with van der Waals surface area (Å²) in [5.41, 5.74) is 0.512. The number of sulfonamides is 1. The molecule has 0 spiro atoms. The molecule has 0 saturated heterocycles. The van der Waals surface area contributed by atoms with Crippen molar-refractivity contribution >= 4 is 37.9 Å². The number of carbonyl (C=O) groups excluding carboxylic acids is 1. The lowest BCUT2D eigenvalue weighted by Gasteiger charge is -2.09. The lowest BCUT2D eigenvalue weighted by atomic mass is 10.2. The van der Waals surface area contributed by atoms with Crippen molar-refractivity contribution < 1.29 is 17.6 Å². The number of aldehydes is 1. The molecule has 0 aliphatic rings. The molecule has 2 aromatic carbocycles. The van der Waals surface area contributed by atoms with Gasteiger partial charge in [-0.05, 0) is 30.3 Å². The Morgan fingerprint density at radius 3 is 2.55 bits per heavy atom. The maximum Gasteiger partial charge on any atom is 0.264 e. The maximum absolute atomic E-state index is 13.7. The van der Waals surface area contributed by atoms with E-state index >= 15 is 0 Å². The van der Waals surface area contributed by atoms with Gasteiger partial charge in [0.1, 0.15) is 17.0 Å².